The minimum Gasteiger partial charge on any atom is -0.272 e. The Balaban J connectivity index is 2.01. The number of carbonyl (C=O) groups excluding carboxylic acids is 1. The highest BCUT2D eigenvalue weighted by Crippen LogP contribution is 2.20. The highest BCUT2D eigenvalue weighted by atomic mass is 35.5. The van der Waals surface area contributed by atoms with Gasteiger partial charge < -0.3 is 0 Å². The van der Waals surface area contributed by atoms with Gasteiger partial charge in [0.05, 0.1) is 22.6 Å². The topological polar surface area (TPSA) is 122 Å². The van der Waals surface area contributed by atoms with E-state index in [1.165, 1.54) is 37.4 Å². The Hall–Kier alpha value is -2.82. The van der Waals surface area contributed by atoms with Crippen LogP contribution >= 0.6 is 11.6 Å². The molecule has 27 heavy (non-hydrogen) atoms. The summed E-state index contributed by atoms with van der Waals surface area (Å²) in [7, 11) is -2.54. The van der Waals surface area contributed by atoms with Crippen molar-refractivity contribution in [1.82, 2.24) is 9.73 Å². The number of nitro groups is 1. The lowest BCUT2D eigenvalue weighted by molar-refractivity contribution is -0.384. The van der Waals surface area contributed by atoms with E-state index in [0.717, 1.165) is 10.5 Å². The van der Waals surface area contributed by atoms with Gasteiger partial charge in [-0.15, -0.1) is 0 Å². The number of likely N-dealkylation sites (N-methyl/N-ethyl adjacent to an activating group) is 1. The predicted molar refractivity (Wildman–Crippen MR) is 100 cm³/mol. The minimum atomic E-state index is -3.81. The van der Waals surface area contributed by atoms with Crippen LogP contribution in [0.5, 0.6) is 0 Å². The highest BCUT2D eigenvalue weighted by molar-refractivity contribution is 7.89. The number of amides is 1. The number of benzene rings is 2. The molecule has 0 atom stereocenters. The van der Waals surface area contributed by atoms with E-state index < -0.39 is 27.4 Å². The summed E-state index contributed by atoms with van der Waals surface area (Å²) < 4.78 is 25.6. The molecule has 0 saturated carbocycles. The average molecular weight is 411 g/mol. The van der Waals surface area contributed by atoms with E-state index in [1.54, 1.807) is 18.2 Å². The first-order chi connectivity index (χ1) is 12.7. The molecule has 1 N–H and O–H groups in total. The van der Waals surface area contributed by atoms with Gasteiger partial charge in [-0.2, -0.15) is 9.41 Å². The van der Waals surface area contributed by atoms with Crippen molar-refractivity contribution in [1.29, 1.82) is 0 Å². The summed E-state index contributed by atoms with van der Waals surface area (Å²) in [5, 5.41) is 14.6. The van der Waals surface area contributed by atoms with Crippen molar-refractivity contribution in [3.63, 3.8) is 0 Å². The number of rotatable bonds is 7. The molecule has 0 aliphatic carbocycles. The predicted octanol–water partition coefficient (Wildman–Crippen LogP) is 2.02. The molecule has 2 aromatic carbocycles. The smallest absolute Gasteiger partial charge is 0.270 e. The fourth-order valence-corrected chi connectivity index (χ4v) is 3.33. The number of hydrogen-bond donors (Lipinski definition) is 1. The van der Waals surface area contributed by atoms with Crippen molar-refractivity contribution in [2.45, 2.75) is 4.90 Å². The zero-order chi connectivity index (χ0) is 20.0. The van der Waals surface area contributed by atoms with Crippen molar-refractivity contribution in [2.24, 2.45) is 5.10 Å². The van der Waals surface area contributed by atoms with Crippen LogP contribution in [0.15, 0.2) is 58.5 Å². The van der Waals surface area contributed by atoms with E-state index in [9.17, 15) is 23.3 Å². The molecule has 2 rings (SSSR count). The fraction of sp³-hybridized carbons (Fsp3) is 0.125. The van der Waals surface area contributed by atoms with Gasteiger partial charge in [-0.1, -0.05) is 29.8 Å². The van der Waals surface area contributed by atoms with Gasteiger partial charge in [-0.05, 0) is 18.2 Å². The van der Waals surface area contributed by atoms with E-state index in [2.05, 4.69) is 10.5 Å². The lowest BCUT2D eigenvalue weighted by Crippen LogP contribution is -2.36. The highest BCUT2D eigenvalue weighted by Gasteiger charge is 2.22. The maximum atomic E-state index is 12.3. The quantitative estimate of drug-likeness (QED) is 0.425. The molecule has 0 aromatic heterocycles. The van der Waals surface area contributed by atoms with E-state index in [0.29, 0.717) is 0 Å². The molecule has 0 heterocycles. The van der Waals surface area contributed by atoms with Crippen LogP contribution < -0.4 is 5.43 Å². The van der Waals surface area contributed by atoms with Gasteiger partial charge in [0.1, 0.15) is 0 Å². The third-order valence-electron chi connectivity index (χ3n) is 3.40. The number of halogens is 1. The van der Waals surface area contributed by atoms with Crippen LogP contribution in [0.4, 0.5) is 5.69 Å². The third kappa shape index (κ3) is 5.33. The van der Waals surface area contributed by atoms with Gasteiger partial charge in [-0.25, -0.2) is 13.8 Å². The lowest BCUT2D eigenvalue weighted by atomic mass is 10.2. The summed E-state index contributed by atoms with van der Waals surface area (Å²) in [6, 6.07) is 11.5. The van der Waals surface area contributed by atoms with Crippen LogP contribution in [0.2, 0.25) is 5.02 Å². The average Bonchev–Trinajstić information content (AvgIpc) is 2.63. The van der Waals surface area contributed by atoms with E-state index in [4.69, 9.17) is 11.6 Å². The first-order valence-corrected chi connectivity index (χ1v) is 9.31. The standard InChI is InChI=1S/C16H15ClN4O5S/c1-20(27(25,26)14-5-3-2-4-6-14)11-16(22)19-18-10-12-9-13(21(23)24)7-8-15(12)17/h2-10H,11H2,1H3,(H,19,22)/b18-10-. The molecule has 2 aromatic rings. The van der Waals surface area contributed by atoms with Gasteiger partial charge >= 0.3 is 0 Å². The largest absolute Gasteiger partial charge is 0.272 e. The SMILES string of the molecule is CN(CC(=O)N/N=C\c1cc([N+](=O)[O-])ccc1Cl)S(=O)(=O)c1ccccc1. The fourth-order valence-electron chi connectivity index (χ4n) is 2.01. The number of carbonyl (C=O) groups is 1. The molecule has 11 heteroatoms. The molecule has 0 aliphatic rings. The zero-order valence-corrected chi connectivity index (χ0v) is 15.6. The van der Waals surface area contributed by atoms with Crippen molar-refractivity contribution in [3.8, 4) is 0 Å². The molecule has 0 bridgehead atoms. The molecule has 0 saturated heterocycles. The number of nitrogens with one attached hydrogen (secondary N) is 1. The molecule has 0 fully saturated rings. The van der Waals surface area contributed by atoms with Crippen LogP contribution in [0.25, 0.3) is 0 Å². The second-order valence-electron chi connectivity index (χ2n) is 5.33. The Morgan fingerprint density at radius 1 is 1.30 bits per heavy atom. The first-order valence-electron chi connectivity index (χ1n) is 7.49. The molecule has 0 spiro atoms. The number of hydrazone groups is 1. The number of nitro benzene ring substituents is 1. The molecule has 9 nitrogen and oxygen atoms in total. The van der Waals surface area contributed by atoms with Crippen molar-refractivity contribution in [2.75, 3.05) is 13.6 Å². The van der Waals surface area contributed by atoms with Gasteiger partial charge in [0, 0.05) is 29.8 Å². The van der Waals surface area contributed by atoms with Crippen LogP contribution in [-0.2, 0) is 14.8 Å². The molecule has 1 amide bonds. The van der Waals surface area contributed by atoms with Crippen LogP contribution in [-0.4, -0.2) is 43.4 Å². The van der Waals surface area contributed by atoms with E-state index >= 15 is 0 Å². The zero-order valence-electron chi connectivity index (χ0n) is 14.1. The summed E-state index contributed by atoms with van der Waals surface area (Å²) in [6.45, 7) is -0.461. The number of hydrogen-bond acceptors (Lipinski definition) is 6. The first kappa shape index (κ1) is 20.5. The third-order valence-corrected chi connectivity index (χ3v) is 5.56. The molecule has 0 unspecified atom stereocenters. The summed E-state index contributed by atoms with van der Waals surface area (Å²) >= 11 is 5.91. The monoisotopic (exact) mass is 410 g/mol. The molecule has 0 aliphatic heterocycles. The van der Waals surface area contributed by atoms with Crippen LogP contribution in [0.3, 0.4) is 0 Å². The van der Waals surface area contributed by atoms with Crippen molar-refractivity contribution in [3.05, 3.63) is 69.2 Å². The number of nitrogens with zero attached hydrogens (tertiary/aromatic N) is 3. The van der Waals surface area contributed by atoms with Crippen molar-refractivity contribution < 1.29 is 18.1 Å². The maximum absolute atomic E-state index is 12.3. The summed E-state index contributed by atoms with van der Waals surface area (Å²) in [5.74, 6) is -0.685. The summed E-state index contributed by atoms with van der Waals surface area (Å²) in [6.07, 6.45) is 1.14. The number of non-ortho nitro benzene ring substituents is 1. The van der Waals surface area contributed by atoms with Crippen molar-refractivity contribution >= 4 is 39.4 Å². The normalized spacial score (nSPS) is 11.7. The Labute approximate surface area is 160 Å². The van der Waals surface area contributed by atoms with Crippen LogP contribution in [0, 0.1) is 10.1 Å². The van der Waals surface area contributed by atoms with E-state index in [1.807, 2.05) is 0 Å². The summed E-state index contributed by atoms with van der Waals surface area (Å²) in [5.41, 5.74) is 2.21. The van der Waals surface area contributed by atoms with Gasteiger partial charge in [0.25, 0.3) is 11.6 Å². The maximum Gasteiger partial charge on any atom is 0.270 e. The van der Waals surface area contributed by atoms with Gasteiger partial charge in [0.2, 0.25) is 10.0 Å². The molecular formula is C16H15ClN4O5S. The second-order valence-corrected chi connectivity index (χ2v) is 7.78. The lowest BCUT2D eigenvalue weighted by Gasteiger charge is -2.15. The molecule has 142 valence electrons. The van der Waals surface area contributed by atoms with Gasteiger partial charge in [0.15, 0.2) is 0 Å². The molecular weight excluding hydrogens is 396 g/mol. The van der Waals surface area contributed by atoms with Gasteiger partial charge in [-0.3, -0.25) is 14.9 Å². The Bertz CT molecular complexity index is 980. The Morgan fingerprint density at radius 3 is 2.59 bits per heavy atom. The molecule has 0 radical (unpaired) electrons. The Kier molecular flexibility index (Phi) is 6.61. The summed E-state index contributed by atoms with van der Waals surface area (Å²) in [4.78, 5) is 22.1. The van der Waals surface area contributed by atoms with Crippen LogP contribution in [0.1, 0.15) is 5.56 Å². The number of sulfonamides is 1. The minimum absolute atomic E-state index is 0.0622. The van der Waals surface area contributed by atoms with E-state index in [-0.39, 0.29) is 21.2 Å². The second kappa shape index (κ2) is 8.71. The Morgan fingerprint density at radius 2 is 1.96 bits per heavy atom.